The summed E-state index contributed by atoms with van der Waals surface area (Å²) in [5, 5.41) is 21.1. The van der Waals surface area contributed by atoms with Crippen LogP contribution in [0, 0.1) is 5.92 Å². The fourth-order valence-corrected chi connectivity index (χ4v) is 6.33. The largest absolute Gasteiger partial charge is 0.359 e. The SMILES string of the molecule is CCCCCCCCCCCCCCCCCC(=O)[C@@H](CCl)C(O)(O)C(=O)CCCCCCCCCCCCCCC. The molecule has 0 spiro atoms. The van der Waals surface area contributed by atoms with Crippen molar-refractivity contribution in [2.45, 2.75) is 212 Å². The van der Waals surface area contributed by atoms with Crippen molar-refractivity contribution in [1.82, 2.24) is 0 Å². The average molecular weight is 615 g/mol. The van der Waals surface area contributed by atoms with Gasteiger partial charge in [-0.3, -0.25) is 9.59 Å². The number of carbonyl (C=O) groups is 2. The van der Waals surface area contributed by atoms with Gasteiger partial charge in [-0.15, -0.1) is 11.6 Å². The van der Waals surface area contributed by atoms with Crippen LogP contribution >= 0.6 is 11.6 Å². The van der Waals surface area contributed by atoms with Crippen LogP contribution in [0.4, 0.5) is 0 Å². The molecule has 4 nitrogen and oxygen atoms in total. The third kappa shape index (κ3) is 23.9. The van der Waals surface area contributed by atoms with Gasteiger partial charge in [0, 0.05) is 18.7 Å². The second kappa shape index (κ2) is 30.6. The molecule has 250 valence electrons. The molecule has 42 heavy (non-hydrogen) atoms. The summed E-state index contributed by atoms with van der Waals surface area (Å²) in [6.45, 7) is 4.51. The number of carbonyl (C=O) groups excluding carboxylic acids is 2. The second-order valence-electron chi connectivity index (χ2n) is 13.0. The summed E-state index contributed by atoms with van der Waals surface area (Å²) in [5.74, 6) is -5.09. The molecule has 0 fully saturated rings. The van der Waals surface area contributed by atoms with Crippen molar-refractivity contribution >= 4 is 23.2 Å². The zero-order valence-corrected chi connectivity index (χ0v) is 28.8. The molecule has 0 saturated heterocycles. The number of hydrogen-bond acceptors (Lipinski definition) is 4. The van der Waals surface area contributed by atoms with Gasteiger partial charge in [-0.05, 0) is 12.8 Å². The Morgan fingerprint density at radius 1 is 0.476 bits per heavy atom. The van der Waals surface area contributed by atoms with Gasteiger partial charge in [0.1, 0.15) is 5.78 Å². The summed E-state index contributed by atoms with van der Waals surface area (Å²) in [5.41, 5.74) is 0. The van der Waals surface area contributed by atoms with Crippen molar-refractivity contribution in [3.8, 4) is 0 Å². The van der Waals surface area contributed by atoms with Crippen molar-refractivity contribution < 1.29 is 19.8 Å². The van der Waals surface area contributed by atoms with E-state index >= 15 is 0 Å². The zero-order chi connectivity index (χ0) is 31.2. The normalized spacial score (nSPS) is 12.6. The maximum atomic E-state index is 12.7. The molecule has 0 rings (SSSR count). The molecular weight excluding hydrogens is 544 g/mol. The van der Waals surface area contributed by atoms with Crippen molar-refractivity contribution in [2.24, 2.45) is 5.92 Å². The number of ketones is 2. The summed E-state index contributed by atoms with van der Waals surface area (Å²) >= 11 is 5.96. The van der Waals surface area contributed by atoms with Gasteiger partial charge in [-0.2, -0.15) is 0 Å². The highest BCUT2D eigenvalue weighted by molar-refractivity contribution is 6.20. The monoisotopic (exact) mass is 615 g/mol. The average Bonchev–Trinajstić information content (AvgIpc) is 2.97. The maximum absolute atomic E-state index is 12.7. The van der Waals surface area contributed by atoms with E-state index in [9.17, 15) is 19.8 Å². The van der Waals surface area contributed by atoms with Crippen LogP contribution in [-0.4, -0.2) is 33.4 Å². The molecule has 2 N–H and O–H groups in total. The molecule has 0 aromatic heterocycles. The van der Waals surface area contributed by atoms with Gasteiger partial charge in [0.15, 0.2) is 5.78 Å². The Kier molecular flexibility index (Phi) is 30.2. The number of halogens is 1. The van der Waals surface area contributed by atoms with Crippen molar-refractivity contribution in [3.05, 3.63) is 0 Å². The van der Waals surface area contributed by atoms with E-state index < -0.39 is 17.5 Å². The van der Waals surface area contributed by atoms with Crippen molar-refractivity contribution in [2.75, 3.05) is 5.88 Å². The lowest BCUT2D eigenvalue weighted by Gasteiger charge is -2.27. The highest BCUT2D eigenvalue weighted by Crippen LogP contribution is 2.24. The van der Waals surface area contributed by atoms with Gasteiger partial charge in [0.25, 0.3) is 0 Å². The Morgan fingerprint density at radius 2 is 0.738 bits per heavy atom. The van der Waals surface area contributed by atoms with E-state index in [1.807, 2.05) is 0 Å². The summed E-state index contributed by atoms with van der Waals surface area (Å²) < 4.78 is 0. The van der Waals surface area contributed by atoms with E-state index in [2.05, 4.69) is 13.8 Å². The number of alkyl halides is 1. The van der Waals surface area contributed by atoms with E-state index in [4.69, 9.17) is 11.6 Å². The van der Waals surface area contributed by atoms with E-state index in [1.165, 1.54) is 135 Å². The van der Waals surface area contributed by atoms with Crippen LogP contribution in [0.25, 0.3) is 0 Å². The molecule has 0 aliphatic carbocycles. The molecule has 0 aliphatic heterocycles. The van der Waals surface area contributed by atoms with Gasteiger partial charge < -0.3 is 10.2 Å². The minimum Gasteiger partial charge on any atom is -0.359 e. The van der Waals surface area contributed by atoms with Crippen LogP contribution in [0.2, 0.25) is 0 Å². The summed E-state index contributed by atoms with van der Waals surface area (Å²) in [6.07, 6.45) is 34.8. The quantitative estimate of drug-likeness (QED) is 0.0429. The molecule has 5 heteroatoms. The van der Waals surface area contributed by atoms with Gasteiger partial charge in [0.2, 0.25) is 5.79 Å². The first kappa shape index (κ1) is 41.5. The molecule has 0 heterocycles. The molecule has 0 saturated carbocycles. The van der Waals surface area contributed by atoms with E-state index in [0.717, 1.165) is 32.1 Å². The standard InChI is InChI=1S/C37H71ClO4/c1-3-5-7-9-11-13-15-17-18-20-21-23-25-27-29-31-35(39)34(33-38)37(41,42)36(40)32-30-28-26-24-22-19-16-14-12-10-8-6-4-2/h34,41-42H,3-33H2,1-2H3/t34-/m1/s1. The Hall–Kier alpha value is -0.450. The number of aliphatic hydroxyl groups is 2. The minimum absolute atomic E-state index is 0.0877. The summed E-state index contributed by atoms with van der Waals surface area (Å²) in [6, 6.07) is 0. The van der Waals surface area contributed by atoms with Gasteiger partial charge in [-0.25, -0.2) is 0 Å². The Bertz CT molecular complexity index is 607. The second-order valence-corrected chi connectivity index (χ2v) is 13.3. The Labute approximate surface area is 266 Å². The lowest BCUT2D eigenvalue weighted by Crippen LogP contribution is -2.50. The van der Waals surface area contributed by atoms with Gasteiger partial charge in [0.05, 0.1) is 5.92 Å². The molecule has 0 bridgehead atoms. The highest BCUT2D eigenvalue weighted by atomic mass is 35.5. The lowest BCUT2D eigenvalue weighted by molar-refractivity contribution is -0.201. The van der Waals surface area contributed by atoms with E-state index in [-0.39, 0.29) is 24.5 Å². The lowest BCUT2D eigenvalue weighted by atomic mass is 9.87. The predicted molar refractivity (Wildman–Crippen MR) is 181 cm³/mol. The van der Waals surface area contributed by atoms with E-state index in [0.29, 0.717) is 12.8 Å². The maximum Gasteiger partial charge on any atom is 0.235 e. The molecule has 0 aromatic rings. The minimum atomic E-state index is -2.65. The molecular formula is C37H71ClO4. The highest BCUT2D eigenvalue weighted by Gasteiger charge is 2.44. The summed E-state index contributed by atoms with van der Waals surface area (Å²) in [4.78, 5) is 25.3. The van der Waals surface area contributed by atoms with Crippen molar-refractivity contribution in [1.29, 1.82) is 0 Å². The smallest absolute Gasteiger partial charge is 0.235 e. The first-order valence-electron chi connectivity index (χ1n) is 18.5. The van der Waals surface area contributed by atoms with Crippen LogP contribution in [0.5, 0.6) is 0 Å². The fraction of sp³-hybridized carbons (Fsp3) is 0.946. The van der Waals surface area contributed by atoms with E-state index in [1.54, 1.807) is 0 Å². The molecule has 0 amide bonds. The topological polar surface area (TPSA) is 74.6 Å². The number of unbranched alkanes of at least 4 members (excludes halogenated alkanes) is 26. The number of hydrogen-bond donors (Lipinski definition) is 2. The number of Topliss-reactive ketones (excluding diaryl/α,β-unsaturated/α-hetero) is 2. The third-order valence-corrected chi connectivity index (χ3v) is 9.28. The number of rotatable bonds is 34. The molecule has 0 radical (unpaired) electrons. The molecule has 1 atom stereocenters. The summed E-state index contributed by atoms with van der Waals surface area (Å²) in [7, 11) is 0. The molecule has 0 aliphatic rings. The third-order valence-electron chi connectivity index (χ3n) is 8.97. The molecule has 0 unspecified atom stereocenters. The fourth-order valence-electron chi connectivity index (χ4n) is 5.94. The first-order chi connectivity index (χ1) is 20.4. The van der Waals surface area contributed by atoms with Crippen LogP contribution in [0.15, 0.2) is 0 Å². The van der Waals surface area contributed by atoms with Gasteiger partial charge in [-0.1, -0.05) is 181 Å². The Balaban J connectivity index is 3.82. The van der Waals surface area contributed by atoms with Crippen LogP contribution in [0.3, 0.4) is 0 Å². The van der Waals surface area contributed by atoms with Crippen LogP contribution in [0.1, 0.15) is 206 Å². The van der Waals surface area contributed by atoms with Crippen LogP contribution < -0.4 is 0 Å². The van der Waals surface area contributed by atoms with Crippen molar-refractivity contribution in [3.63, 3.8) is 0 Å². The zero-order valence-electron chi connectivity index (χ0n) is 28.1. The first-order valence-corrected chi connectivity index (χ1v) is 19.0. The molecule has 0 aromatic carbocycles. The Morgan fingerprint density at radius 3 is 1.02 bits per heavy atom. The predicted octanol–water partition coefficient (Wildman–Crippen LogP) is 11.4. The van der Waals surface area contributed by atoms with Gasteiger partial charge >= 0.3 is 0 Å². The van der Waals surface area contributed by atoms with Crippen LogP contribution in [-0.2, 0) is 9.59 Å².